The highest BCUT2D eigenvalue weighted by Crippen LogP contribution is 2.46. The maximum atomic E-state index is 13.1. The second-order valence-corrected chi connectivity index (χ2v) is 11.9. The molecule has 0 aromatic heterocycles. The lowest BCUT2D eigenvalue weighted by atomic mass is 9.84. The van der Waals surface area contributed by atoms with Gasteiger partial charge >= 0.3 is 0 Å². The van der Waals surface area contributed by atoms with Crippen LogP contribution in [0.5, 0.6) is 0 Å². The highest BCUT2D eigenvalue weighted by molar-refractivity contribution is 9.10. The second kappa shape index (κ2) is 9.20. The zero-order chi connectivity index (χ0) is 24.7. The van der Waals surface area contributed by atoms with E-state index in [-0.39, 0.29) is 27.9 Å². The Kier molecular flexibility index (Phi) is 6.63. The van der Waals surface area contributed by atoms with Crippen molar-refractivity contribution >= 4 is 54.5 Å². The van der Waals surface area contributed by atoms with Crippen molar-refractivity contribution in [3.05, 3.63) is 94.0 Å². The van der Waals surface area contributed by atoms with E-state index in [9.17, 15) is 13.2 Å². The molecule has 34 heavy (non-hydrogen) atoms. The number of thioether (sulfide) groups is 1. The molecule has 0 unspecified atom stereocenters. The predicted molar refractivity (Wildman–Crippen MR) is 142 cm³/mol. The third-order valence-corrected chi connectivity index (χ3v) is 8.79. The van der Waals surface area contributed by atoms with Crippen molar-refractivity contribution in [3.63, 3.8) is 0 Å². The zero-order valence-corrected chi connectivity index (χ0v) is 22.2. The Morgan fingerprint density at radius 2 is 1.79 bits per heavy atom. The summed E-state index contributed by atoms with van der Waals surface area (Å²) in [6.45, 7) is 8.14. The molecule has 1 saturated heterocycles. The van der Waals surface area contributed by atoms with Crippen LogP contribution in [0.2, 0.25) is 0 Å². The number of likely N-dealkylation sites (N-methyl/N-ethyl adjacent to an activating group) is 1. The molecule has 0 bridgehead atoms. The first-order valence-electron chi connectivity index (χ1n) is 10.5. The Bertz CT molecular complexity index is 1360. The average Bonchev–Trinajstić information content (AvgIpc) is 3.18. The Morgan fingerprint density at radius 1 is 1.12 bits per heavy atom. The molecule has 0 spiro atoms. The Labute approximate surface area is 212 Å². The molecule has 1 amide bonds. The molecule has 2 aromatic carbocycles. The van der Waals surface area contributed by atoms with E-state index in [4.69, 9.17) is 0 Å². The fraction of sp³-hybridized carbons (Fsp3) is 0.200. The van der Waals surface area contributed by atoms with Gasteiger partial charge in [0, 0.05) is 34.9 Å². The maximum Gasteiger partial charge on any atom is 0.284 e. The molecule has 0 aliphatic carbocycles. The van der Waals surface area contributed by atoms with Crippen LogP contribution in [0.25, 0.3) is 0 Å². The summed E-state index contributed by atoms with van der Waals surface area (Å²) >= 11 is 4.35. The van der Waals surface area contributed by atoms with Gasteiger partial charge in [-0.05, 0) is 59.8 Å². The zero-order valence-electron chi connectivity index (χ0n) is 19.0. The number of anilines is 1. The van der Waals surface area contributed by atoms with Gasteiger partial charge in [-0.15, -0.1) is 11.0 Å². The molecule has 6 nitrogen and oxygen atoms in total. The number of halogens is 1. The molecule has 2 aromatic rings. The summed E-state index contributed by atoms with van der Waals surface area (Å²) in [7, 11) is -1.98. The molecule has 9 heteroatoms. The number of carbonyl (C=O) groups is 1. The summed E-state index contributed by atoms with van der Waals surface area (Å²) in [5, 5.41) is 0.111. The number of nitrogens with zero attached hydrogens (tertiary/aromatic N) is 3. The van der Waals surface area contributed by atoms with Gasteiger partial charge in [-0.3, -0.25) is 9.69 Å². The topological polar surface area (TPSA) is 70.1 Å². The standard InChI is InChI=1S/C25H24BrN3O3S2/c1-5-16-29-23(30)21(33-24(29)27-34(31,32)18-12-10-17(26)11-13-18)14-15-22-25(2,3)19-8-6-7-9-20(19)28(22)4/h5-15H,1,16H2,2-4H3/b21-14-,22-15+,27-24?. The Hall–Kier alpha value is -2.62. The summed E-state index contributed by atoms with van der Waals surface area (Å²) in [5.74, 6) is -0.303. The fourth-order valence-corrected chi connectivity index (χ4v) is 6.49. The van der Waals surface area contributed by atoms with E-state index >= 15 is 0 Å². The molecule has 4 rings (SSSR count). The van der Waals surface area contributed by atoms with Crippen molar-refractivity contribution in [1.29, 1.82) is 0 Å². The first-order chi connectivity index (χ1) is 16.1. The van der Waals surface area contributed by atoms with Gasteiger partial charge in [0.25, 0.3) is 15.9 Å². The minimum atomic E-state index is -3.99. The first kappa shape index (κ1) is 24.5. The van der Waals surface area contributed by atoms with Gasteiger partial charge in [-0.1, -0.05) is 54.1 Å². The van der Waals surface area contributed by atoms with Crippen LogP contribution in [0.15, 0.2) is 97.7 Å². The van der Waals surface area contributed by atoms with Crippen LogP contribution in [0, 0.1) is 0 Å². The van der Waals surface area contributed by atoms with Crippen LogP contribution in [0.4, 0.5) is 5.69 Å². The fourth-order valence-electron chi connectivity index (χ4n) is 4.10. The Balaban J connectivity index is 1.70. The lowest BCUT2D eigenvalue weighted by Gasteiger charge is -2.23. The highest BCUT2D eigenvalue weighted by Gasteiger charge is 2.38. The third kappa shape index (κ3) is 4.39. The van der Waals surface area contributed by atoms with Gasteiger partial charge in [0.2, 0.25) is 0 Å². The average molecular weight is 559 g/mol. The largest absolute Gasteiger partial charge is 0.347 e. The van der Waals surface area contributed by atoms with E-state index in [2.05, 4.69) is 57.8 Å². The third-order valence-electron chi connectivity index (χ3n) is 5.84. The van der Waals surface area contributed by atoms with Crippen LogP contribution in [-0.4, -0.2) is 38.0 Å². The van der Waals surface area contributed by atoms with Crippen LogP contribution in [-0.2, 0) is 20.2 Å². The van der Waals surface area contributed by atoms with Gasteiger partial charge < -0.3 is 4.90 Å². The first-order valence-corrected chi connectivity index (χ1v) is 13.6. The van der Waals surface area contributed by atoms with E-state index in [1.54, 1.807) is 24.3 Å². The molecule has 0 atom stereocenters. The lowest BCUT2D eigenvalue weighted by Crippen LogP contribution is -2.29. The Morgan fingerprint density at radius 3 is 2.44 bits per heavy atom. The van der Waals surface area contributed by atoms with Crippen molar-refractivity contribution < 1.29 is 13.2 Å². The van der Waals surface area contributed by atoms with Crippen LogP contribution >= 0.6 is 27.7 Å². The van der Waals surface area contributed by atoms with Gasteiger partial charge in [0.15, 0.2) is 5.17 Å². The van der Waals surface area contributed by atoms with Gasteiger partial charge in [0.1, 0.15) is 0 Å². The van der Waals surface area contributed by atoms with E-state index < -0.39 is 10.0 Å². The maximum absolute atomic E-state index is 13.1. The molecular weight excluding hydrogens is 534 g/mol. The number of carbonyl (C=O) groups excluding carboxylic acids is 1. The quantitative estimate of drug-likeness (QED) is 0.361. The van der Waals surface area contributed by atoms with Crippen molar-refractivity contribution in [2.45, 2.75) is 24.2 Å². The molecule has 2 aliphatic heterocycles. The van der Waals surface area contributed by atoms with Crippen molar-refractivity contribution in [3.8, 4) is 0 Å². The van der Waals surface area contributed by atoms with Crippen LogP contribution in [0.3, 0.4) is 0 Å². The number of rotatable bonds is 5. The smallest absolute Gasteiger partial charge is 0.284 e. The van der Waals surface area contributed by atoms with Gasteiger partial charge in [-0.25, -0.2) is 0 Å². The molecule has 0 radical (unpaired) electrons. The van der Waals surface area contributed by atoms with Crippen molar-refractivity contribution in [2.24, 2.45) is 4.40 Å². The summed E-state index contributed by atoms with van der Waals surface area (Å²) in [6, 6.07) is 14.4. The minimum Gasteiger partial charge on any atom is -0.347 e. The van der Waals surface area contributed by atoms with Gasteiger partial charge in [0.05, 0.1) is 9.80 Å². The molecule has 1 fully saturated rings. The normalized spacial score (nSPS) is 21.1. The molecule has 2 heterocycles. The number of fused-ring (bicyclic) bond motifs is 1. The number of benzene rings is 2. The summed E-state index contributed by atoms with van der Waals surface area (Å²) < 4.78 is 30.5. The number of para-hydroxylation sites is 1. The van der Waals surface area contributed by atoms with Crippen molar-refractivity contribution in [1.82, 2.24) is 4.90 Å². The number of sulfonamides is 1. The van der Waals surface area contributed by atoms with Crippen molar-refractivity contribution in [2.75, 3.05) is 18.5 Å². The molecular formula is C25H24BrN3O3S2. The minimum absolute atomic E-state index is 0.0569. The molecule has 2 aliphatic rings. The SMILES string of the molecule is C=CCN1C(=O)/C(=C/C=C2/N(C)c3ccccc3C2(C)C)SC1=NS(=O)(=O)c1ccc(Br)cc1. The van der Waals surface area contributed by atoms with Crippen LogP contribution < -0.4 is 4.90 Å². The van der Waals surface area contributed by atoms with Gasteiger partial charge in [-0.2, -0.15) is 8.42 Å². The number of hydrogen-bond acceptors (Lipinski definition) is 5. The number of amides is 1. The molecule has 176 valence electrons. The second-order valence-electron chi connectivity index (χ2n) is 8.39. The lowest BCUT2D eigenvalue weighted by molar-refractivity contribution is -0.121. The number of hydrogen-bond donors (Lipinski definition) is 0. The summed E-state index contributed by atoms with van der Waals surface area (Å²) in [4.78, 5) is 17.0. The molecule has 0 N–H and O–H groups in total. The van der Waals surface area contributed by atoms with E-state index in [0.717, 1.165) is 27.6 Å². The monoisotopic (exact) mass is 557 g/mol. The number of allylic oxidation sites excluding steroid dienone is 3. The summed E-state index contributed by atoms with van der Waals surface area (Å²) in [5.41, 5.74) is 3.14. The number of amidine groups is 1. The predicted octanol–water partition coefficient (Wildman–Crippen LogP) is 5.45. The van der Waals surface area contributed by atoms with E-state index in [1.165, 1.54) is 22.6 Å². The highest BCUT2D eigenvalue weighted by atomic mass is 79.9. The van der Waals surface area contributed by atoms with E-state index in [1.807, 2.05) is 25.3 Å². The van der Waals surface area contributed by atoms with Crippen LogP contribution in [0.1, 0.15) is 19.4 Å². The molecule has 0 saturated carbocycles. The summed E-state index contributed by atoms with van der Waals surface area (Å²) in [6.07, 6.45) is 5.22. The van der Waals surface area contributed by atoms with E-state index in [0.29, 0.717) is 4.91 Å².